The Morgan fingerprint density at radius 1 is 1.40 bits per heavy atom. The van der Waals surface area contributed by atoms with E-state index in [1.54, 1.807) is 7.05 Å². The van der Waals surface area contributed by atoms with Gasteiger partial charge in [-0.05, 0) is 18.8 Å². The highest BCUT2D eigenvalue weighted by molar-refractivity contribution is 5.81. The Morgan fingerprint density at radius 3 is 2.33 bits per heavy atom. The maximum Gasteiger partial charge on any atom is 0.237 e. The molecule has 0 bridgehead atoms. The number of aliphatic hydroxyl groups excluding tert-OH is 1. The molecule has 15 heavy (non-hydrogen) atoms. The molecule has 4 heteroatoms. The van der Waals surface area contributed by atoms with Gasteiger partial charge >= 0.3 is 0 Å². The number of nitrogens with one attached hydrogen (secondary N) is 1. The van der Waals surface area contributed by atoms with Gasteiger partial charge in [0.25, 0.3) is 0 Å². The minimum absolute atomic E-state index is 0.0532. The van der Waals surface area contributed by atoms with Crippen LogP contribution in [0.2, 0.25) is 0 Å². The van der Waals surface area contributed by atoms with Crippen molar-refractivity contribution >= 4 is 5.91 Å². The Balaban J connectivity index is 2.60. The molecule has 4 nitrogen and oxygen atoms in total. The number of amides is 1. The smallest absolute Gasteiger partial charge is 0.237 e. The lowest BCUT2D eigenvalue weighted by Gasteiger charge is -2.37. The Hall–Kier alpha value is -0.610. The Bertz CT molecular complexity index is 211. The van der Waals surface area contributed by atoms with Gasteiger partial charge in [0.1, 0.15) is 0 Å². The number of nitrogens with zero attached hydrogens (tertiary/aromatic N) is 1. The molecule has 1 amide bonds. The second kappa shape index (κ2) is 5.47. The summed E-state index contributed by atoms with van der Waals surface area (Å²) in [7, 11) is 1.68. The second-order valence-electron chi connectivity index (χ2n) is 4.57. The highest BCUT2D eigenvalue weighted by Crippen LogP contribution is 2.17. The monoisotopic (exact) mass is 214 g/mol. The van der Waals surface area contributed by atoms with Gasteiger partial charge in [-0.3, -0.25) is 9.69 Å². The Labute approximate surface area is 91.6 Å². The van der Waals surface area contributed by atoms with Crippen molar-refractivity contribution in [1.29, 1.82) is 0 Å². The molecular formula is C11H22N2O2. The summed E-state index contributed by atoms with van der Waals surface area (Å²) in [6, 6.07) is -0.0532. The van der Waals surface area contributed by atoms with Gasteiger partial charge in [-0.1, -0.05) is 13.8 Å². The van der Waals surface area contributed by atoms with Gasteiger partial charge in [0.15, 0.2) is 0 Å². The van der Waals surface area contributed by atoms with Crippen molar-refractivity contribution in [3.63, 3.8) is 0 Å². The van der Waals surface area contributed by atoms with Crippen LogP contribution in [0.25, 0.3) is 0 Å². The van der Waals surface area contributed by atoms with E-state index in [0.717, 1.165) is 25.9 Å². The third kappa shape index (κ3) is 3.18. The van der Waals surface area contributed by atoms with Crippen LogP contribution in [0.3, 0.4) is 0 Å². The van der Waals surface area contributed by atoms with E-state index in [0.29, 0.717) is 5.92 Å². The Morgan fingerprint density at radius 2 is 1.93 bits per heavy atom. The topological polar surface area (TPSA) is 52.6 Å². The average Bonchev–Trinajstić information content (AvgIpc) is 2.20. The maximum absolute atomic E-state index is 11.7. The lowest BCUT2D eigenvalue weighted by atomic mass is 9.98. The van der Waals surface area contributed by atoms with Crippen LogP contribution in [0.1, 0.15) is 26.7 Å². The molecule has 2 N–H and O–H groups in total. The quantitative estimate of drug-likeness (QED) is 0.706. The lowest BCUT2D eigenvalue weighted by Crippen LogP contribution is -2.52. The molecule has 1 fully saturated rings. The number of hydrogen-bond donors (Lipinski definition) is 2. The fourth-order valence-corrected chi connectivity index (χ4v) is 2.20. The van der Waals surface area contributed by atoms with Gasteiger partial charge in [0.2, 0.25) is 5.91 Å². The van der Waals surface area contributed by atoms with Crippen LogP contribution in [0.15, 0.2) is 0 Å². The van der Waals surface area contributed by atoms with E-state index in [-0.39, 0.29) is 18.1 Å². The summed E-state index contributed by atoms with van der Waals surface area (Å²) in [4.78, 5) is 13.9. The predicted molar refractivity (Wildman–Crippen MR) is 59.5 cm³/mol. The van der Waals surface area contributed by atoms with E-state index < -0.39 is 0 Å². The lowest BCUT2D eigenvalue weighted by molar-refractivity contribution is -0.128. The van der Waals surface area contributed by atoms with E-state index >= 15 is 0 Å². The van der Waals surface area contributed by atoms with Crippen LogP contribution >= 0.6 is 0 Å². The van der Waals surface area contributed by atoms with Gasteiger partial charge in [-0.15, -0.1) is 0 Å². The SMILES string of the molecule is CNC(=O)[C@H](C(C)C)N1CCC(O)CC1. The standard InChI is InChI=1S/C11H22N2O2/c1-8(2)10(11(15)12-3)13-6-4-9(14)5-7-13/h8-10,14H,4-7H2,1-3H3,(H,12,15)/t10-/m0/s1. The molecule has 1 heterocycles. The van der Waals surface area contributed by atoms with Crippen molar-refractivity contribution in [2.45, 2.75) is 38.8 Å². The molecular weight excluding hydrogens is 192 g/mol. The first-order valence-corrected chi connectivity index (χ1v) is 5.70. The van der Waals surface area contributed by atoms with Gasteiger partial charge in [-0.25, -0.2) is 0 Å². The zero-order valence-corrected chi connectivity index (χ0v) is 9.86. The largest absolute Gasteiger partial charge is 0.393 e. The molecule has 1 aliphatic rings. The molecule has 1 rings (SSSR count). The number of rotatable bonds is 3. The van der Waals surface area contributed by atoms with Crippen LogP contribution in [0.5, 0.6) is 0 Å². The summed E-state index contributed by atoms with van der Waals surface area (Å²) in [6.45, 7) is 5.75. The van der Waals surface area contributed by atoms with Crippen molar-refractivity contribution in [2.75, 3.05) is 20.1 Å². The fraction of sp³-hybridized carbons (Fsp3) is 0.909. The molecule has 0 aromatic heterocycles. The van der Waals surface area contributed by atoms with Gasteiger partial charge in [0.05, 0.1) is 12.1 Å². The number of likely N-dealkylation sites (N-methyl/N-ethyl adjacent to an activating group) is 1. The Kier molecular flexibility index (Phi) is 4.54. The van der Waals surface area contributed by atoms with Crippen LogP contribution in [0, 0.1) is 5.92 Å². The number of carbonyl (C=O) groups is 1. The molecule has 0 unspecified atom stereocenters. The average molecular weight is 214 g/mol. The van der Waals surface area contributed by atoms with Gasteiger partial charge in [0, 0.05) is 20.1 Å². The first kappa shape index (κ1) is 12.5. The summed E-state index contributed by atoms with van der Waals surface area (Å²) in [5.74, 6) is 0.390. The van der Waals surface area contributed by atoms with E-state index in [2.05, 4.69) is 24.1 Å². The van der Waals surface area contributed by atoms with Crippen LogP contribution in [-0.2, 0) is 4.79 Å². The third-order valence-corrected chi connectivity index (χ3v) is 3.04. The van der Waals surface area contributed by atoms with Crippen LogP contribution in [0.4, 0.5) is 0 Å². The van der Waals surface area contributed by atoms with Crippen molar-refractivity contribution in [1.82, 2.24) is 10.2 Å². The summed E-state index contributed by atoms with van der Waals surface area (Å²) in [6.07, 6.45) is 1.37. The highest BCUT2D eigenvalue weighted by atomic mass is 16.3. The van der Waals surface area contributed by atoms with Crippen molar-refractivity contribution < 1.29 is 9.90 Å². The fourth-order valence-electron chi connectivity index (χ4n) is 2.20. The predicted octanol–water partition coefficient (Wildman–Crippen LogP) is 0.214. The number of hydrogen-bond acceptors (Lipinski definition) is 3. The minimum Gasteiger partial charge on any atom is -0.393 e. The zero-order valence-electron chi connectivity index (χ0n) is 9.86. The number of piperidine rings is 1. The molecule has 0 spiro atoms. The molecule has 1 aliphatic heterocycles. The molecule has 88 valence electrons. The first-order chi connectivity index (χ1) is 7.06. The summed E-state index contributed by atoms with van der Waals surface area (Å²) in [5.41, 5.74) is 0. The summed E-state index contributed by atoms with van der Waals surface area (Å²) in [5, 5.41) is 12.1. The van der Waals surface area contributed by atoms with E-state index in [9.17, 15) is 9.90 Å². The second-order valence-corrected chi connectivity index (χ2v) is 4.57. The molecule has 0 aliphatic carbocycles. The molecule has 1 saturated heterocycles. The zero-order chi connectivity index (χ0) is 11.4. The van der Waals surface area contributed by atoms with Crippen LogP contribution in [-0.4, -0.2) is 48.2 Å². The molecule has 1 atom stereocenters. The highest BCUT2D eigenvalue weighted by Gasteiger charge is 2.30. The maximum atomic E-state index is 11.7. The van der Waals surface area contributed by atoms with E-state index in [1.165, 1.54) is 0 Å². The first-order valence-electron chi connectivity index (χ1n) is 5.70. The molecule has 0 aromatic rings. The number of aliphatic hydroxyl groups is 1. The van der Waals surface area contributed by atoms with E-state index in [4.69, 9.17) is 0 Å². The van der Waals surface area contributed by atoms with Crippen molar-refractivity contribution in [3.8, 4) is 0 Å². The van der Waals surface area contributed by atoms with Crippen LogP contribution < -0.4 is 5.32 Å². The molecule has 0 radical (unpaired) electrons. The number of carbonyl (C=O) groups excluding carboxylic acids is 1. The van der Waals surface area contributed by atoms with Crippen molar-refractivity contribution in [3.05, 3.63) is 0 Å². The van der Waals surface area contributed by atoms with Crippen molar-refractivity contribution in [2.24, 2.45) is 5.92 Å². The molecule has 0 aromatic carbocycles. The third-order valence-electron chi connectivity index (χ3n) is 3.04. The summed E-state index contributed by atoms with van der Waals surface area (Å²) < 4.78 is 0. The van der Waals surface area contributed by atoms with E-state index in [1.807, 2.05) is 0 Å². The minimum atomic E-state index is -0.182. The summed E-state index contributed by atoms with van der Waals surface area (Å²) >= 11 is 0. The normalized spacial score (nSPS) is 21.7. The number of likely N-dealkylation sites (tertiary alicyclic amines) is 1. The van der Waals surface area contributed by atoms with Gasteiger partial charge < -0.3 is 10.4 Å². The van der Waals surface area contributed by atoms with Gasteiger partial charge in [-0.2, -0.15) is 0 Å². The molecule has 0 saturated carbocycles.